The zero-order valence-electron chi connectivity index (χ0n) is 57.4. The maximum Gasteiger partial charge on any atom is 0.305 e. The number of carbonyl (C=O) groups is 2. The maximum absolute atomic E-state index is 12.6. The van der Waals surface area contributed by atoms with Crippen LogP contribution in [0.5, 0.6) is 0 Å². The summed E-state index contributed by atoms with van der Waals surface area (Å²) in [5.41, 5.74) is 0. The predicted molar refractivity (Wildman–Crippen MR) is 370 cm³/mol. The summed E-state index contributed by atoms with van der Waals surface area (Å²) in [5, 5.41) is 23.5. The molecule has 0 rings (SSSR count). The topological polar surface area (TPSA) is 95.9 Å². The molecule has 0 aliphatic carbocycles. The van der Waals surface area contributed by atoms with Crippen LogP contribution in [-0.2, 0) is 14.3 Å². The first kappa shape index (κ1) is 82.6. The van der Waals surface area contributed by atoms with Gasteiger partial charge < -0.3 is 20.3 Å². The van der Waals surface area contributed by atoms with Crippen LogP contribution < -0.4 is 5.32 Å². The van der Waals surface area contributed by atoms with Crippen LogP contribution in [0.2, 0.25) is 0 Å². The Labute approximate surface area is 527 Å². The Morgan fingerprint density at radius 1 is 0.321 bits per heavy atom. The van der Waals surface area contributed by atoms with Gasteiger partial charge >= 0.3 is 5.97 Å². The molecule has 0 heterocycles. The molecule has 0 aromatic carbocycles. The Hall–Kier alpha value is -1.40. The molecule has 1 amide bonds. The van der Waals surface area contributed by atoms with E-state index < -0.39 is 12.1 Å². The van der Waals surface area contributed by atoms with Crippen molar-refractivity contribution in [2.75, 3.05) is 13.2 Å². The maximum atomic E-state index is 12.6. The van der Waals surface area contributed by atoms with Crippen LogP contribution in [0.25, 0.3) is 0 Å². The summed E-state index contributed by atoms with van der Waals surface area (Å²) in [6.07, 6.45) is 93.0. The Balaban J connectivity index is 3.34. The highest BCUT2D eigenvalue weighted by atomic mass is 16.5. The lowest BCUT2D eigenvalue weighted by atomic mass is 10.0. The average Bonchev–Trinajstić information content (AvgIpc) is 3.51. The quantitative estimate of drug-likeness (QED) is 0.0320. The highest BCUT2D eigenvalue weighted by Gasteiger charge is 2.20. The van der Waals surface area contributed by atoms with Gasteiger partial charge in [0.1, 0.15) is 0 Å². The number of amides is 1. The van der Waals surface area contributed by atoms with E-state index in [9.17, 15) is 19.8 Å². The van der Waals surface area contributed by atoms with Crippen molar-refractivity contribution in [1.82, 2.24) is 5.32 Å². The molecule has 0 aromatic rings. The van der Waals surface area contributed by atoms with Gasteiger partial charge in [-0.2, -0.15) is 0 Å². The third-order valence-electron chi connectivity index (χ3n) is 18.6. The Morgan fingerprint density at radius 3 is 0.857 bits per heavy atom. The molecule has 0 radical (unpaired) electrons. The van der Waals surface area contributed by atoms with E-state index in [0.29, 0.717) is 25.9 Å². The van der Waals surface area contributed by atoms with E-state index in [1.54, 1.807) is 0 Å². The van der Waals surface area contributed by atoms with Crippen molar-refractivity contribution in [3.8, 4) is 0 Å². The molecule has 0 aliphatic rings. The lowest BCUT2D eigenvalue weighted by molar-refractivity contribution is -0.143. The van der Waals surface area contributed by atoms with Crippen LogP contribution in [-0.4, -0.2) is 47.4 Å². The normalized spacial score (nSPS) is 12.5. The van der Waals surface area contributed by atoms with Crippen molar-refractivity contribution in [1.29, 1.82) is 0 Å². The smallest absolute Gasteiger partial charge is 0.305 e. The molecule has 2 atom stereocenters. The summed E-state index contributed by atoms with van der Waals surface area (Å²) in [7, 11) is 0. The highest BCUT2D eigenvalue weighted by Crippen LogP contribution is 2.20. The van der Waals surface area contributed by atoms with Gasteiger partial charge in [0.2, 0.25) is 5.91 Å². The summed E-state index contributed by atoms with van der Waals surface area (Å²) in [4.78, 5) is 24.6. The number of aliphatic hydroxyl groups excluding tert-OH is 2. The fourth-order valence-corrected chi connectivity index (χ4v) is 12.6. The number of esters is 1. The molecule has 0 fully saturated rings. The van der Waals surface area contributed by atoms with Gasteiger partial charge in [0.15, 0.2) is 0 Å². The second-order valence-electron chi connectivity index (χ2n) is 27.0. The van der Waals surface area contributed by atoms with Crippen molar-refractivity contribution in [2.45, 2.75) is 463 Å². The average molecular weight is 1190 g/mol. The van der Waals surface area contributed by atoms with E-state index in [1.807, 2.05) is 0 Å². The minimum absolute atomic E-state index is 0.0120. The van der Waals surface area contributed by atoms with Crippen LogP contribution >= 0.6 is 0 Å². The van der Waals surface area contributed by atoms with Crippen LogP contribution in [0.3, 0.4) is 0 Å². The summed E-state index contributed by atoms with van der Waals surface area (Å²) >= 11 is 0. The van der Waals surface area contributed by atoms with E-state index in [1.165, 1.54) is 372 Å². The first-order valence-electron chi connectivity index (χ1n) is 38.9. The molecule has 84 heavy (non-hydrogen) atoms. The molecule has 6 nitrogen and oxygen atoms in total. The zero-order chi connectivity index (χ0) is 60.6. The second-order valence-corrected chi connectivity index (χ2v) is 27.0. The van der Waals surface area contributed by atoms with Crippen molar-refractivity contribution in [3.63, 3.8) is 0 Å². The van der Waals surface area contributed by atoms with E-state index in [-0.39, 0.29) is 18.5 Å². The molecule has 3 N–H and O–H groups in total. The molecule has 6 heteroatoms. The molecular weight excluding hydrogens is 1030 g/mol. The lowest BCUT2D eigenvalue weighted by Gasteiger charge is -2.22. The van der Waals surface area contributed by atoms with E-state index in [0.717, 1.165) is 44.9 Å². The number of ether oxygens (including phenoxy) is 1. The zero-order valence-corrected chi connectivity index (χ0v) is 57.4. The SMILES string of the molecule is CCCCCC/C=C\CCCCCCCC(=O)OCCCCCCCCCCCCCCCCCCCCCCCCCCCCCCCCC(=O)NC(CO)C(O)CCCCCCCCCCCCCCCCCCCCCCCCCC. The van der Waals surface area contributed by atoms with Crippen LogP contribution in [0, 0.1) is 0 Å². The van der Waals surface area contributed by atoms with E-state index in [4.69, 9.17) is 4.74 Å². The Kier molecular flexibility index (Phi) is 72.8. The van der Waals surface area contributed by atoms with Gasteiger partial charge in [-0.05, 0) is 51.4 Å². The number of hydrogen-bond acceptors (Lipinski definition) is 5. The van der Waals surface area contributed by atoms with Crippen molar-refractivity contribution < 1.29 is 24.5 Å². The summed E-state index contributed by atoms with van der Waals surface area (Å²) in [6.45, 7) is 4.99. The van der Waals surface area contributed by atoms with Crippen LogP contribution in [0.4, 0.5) is 0 Å². The first-order chi connectivity index (χ1) is 41.5. The molecule has 0 aliphatic heterocycles. The highest BCUT2D eigenvalue weighted by molar-refractivity contribution is 5.76. The van der Waals surface area contributed by atoms with Gasteiger partial charge in [-0.3, -0.25) is 9.59 Å². The monoisotopic (exact) mass is 1180 g/mol. The molecule has 0 spiro atoms. The summed E-state index contributed by atoms with van der Waals surface area (Å²) < 4.78 is 5.49. The molecular formula is C78H153NO5. The van der Waals surface area contributed by atoms with Crippen molar-refractivity contribution in [3.05, 3.63) is 12.2 Å². The third-order valence-corrected chi connectivity index (χ3v) is 18.6. The van der Waals surface area contributed by atoms with Gasteiger partial charge in [-0.1, -0.05) is 398 Å². The lowest BCUT2D eigenvalue weighted by Crippen LogP contribution is -2.45. The van der Waals surface area contributed by atoms with Gasteiger partial charge in [0.25, 0.3) is 0 Å². The molecule has 2 unspecified atom stereocenters. The number of carbonyl (C=O) groups excluding carboxylic acids is 2. The molecule has 0 saturated carbocycles. The molecule has 500 valence electrons. The largest absolute Gasteiger partial charge is 0.466 e. The minimum Gasteiger partial charge on any atom is -0.466 e. The van der Waals surface area contributed by atoms with Gasteiger partial charge in [0.05, 0.1) is 25.4 Å². The van der Waals surface area contributed by atoms with Gasteiger partial charge in [-0.15, -0.1) is 0 Å². The summed E-state index contributed by atoms with van der Waals surface area (Å²) in [5.74, 6) is -0.0130. The van der Waals surface area contributed by atoms with E-state index >= 15 is 0 Å². The Morgan fingerprint density at radius 2 is 0.560 bits per heavy atom. The third kappa shape index (κ3) is 69.7. The van der Waals surface area contributed by atoms with Crippen LogP contribution in [0.1, 0.15) is 450 Å². The van der Waals surface area contributed by atoms with E-state index in [2.05, 4.69) is 31.3 Å². The number of aliphatic hydroxyl groups is 2. The molecule has 0 bridgehead atoms. The number of allylic oxidation sites excluding steroid dienone is 2. The fourth-order valence-electron chi connectivity index (χ4n) is 12.6. The first-order valence-corrected chi connectivity index (χ1v) is 38.9. The number of hydrogen-bond donors (Lipinski definition) is 3. The fraction of sp³-hybridized carbons (Fsp3) is 0.949. The van der Waals surface area contributed by atoms with Gasteiger partial charge in [0, 0.05) is 12.8 Å². The van der Waals surface area contributed by atoms with Gasteiger partial charge in [-0.25, -0.2) is 0 Å². The molecule has 0 saturated heterocycles. The number of unbranched alkanes of at least 4 members (excludes halogenated alkanes) is 61. The number of nitrogens with one attached hydrogen (secondary N) is 1. The standard InChI is InChI=1S/C78H153NO5/c1-3-5-7-9-11-13-15-17-18-19-20-21-22-31-34-37-40-43-47-50-54-58-62-66-70-76(81)75(74-80)79-77(82)71-67-63-59-55-51-48-44-41-38-35-32-29-27-25-23-24-26-28-30-33-36-39-42-45-49-53-57-61-65-69-73-84-78(83)72-68-64-60-56-52-46-16-14-12-10-8-6-4-2/h14,16,75-76,80-81H,3-13,15,17-74H2,1-2H3,(H,79,82)/b16-14-. The number of rotatable bonds is 74. The Bertz CT molecular complexity index is 1270. The second kappa shape index (κ2) is 74.1. The van der Waals surface area contributed by atoms with Crippen molar-refractivity contribution >= 4 is 11.9 Å². The summed E-state index contributed by atoms with van der Waals surface area (Å²) in [6, 6.07) is -0.539. The van der Waals surface area contributed by atoms with Crippen molar-refractivity contribution in [2.24, 2.45) is 0 Å². The van der Waals surface area contributed by atoms with Crippen LogP contribution in [0.15, 0.2) is 12.2 Å². The predicted octanol–water partition coefficient (Wildman–Crippen LogP) is 25.5. The molecule has 0 aromatic heterocycles. The minimum atomic E-state index is -0.662.